The Morgan fingerprint density at radius 1 is 0.540 bits per heavy atom. The summed E-state index contributed by atoms with van der Waals surface area (Å²) in [5.74, 6) is 3.34. The fraction of sp³-hybridized carbons (Fsp3) is 0.667. The second-order valence-electron chi connectivity index (χ2n) is 17.4. The number of aryl methyl sites for hydroxylation is 2. The molecular weight excluding hydrogens is 665 g/mol. The highest BCUT2D eigenvalue weighted by molar-refractivity contribution is 7.99. The molecule has 0 aliphatic heterocycles. The van der Waals surface area contributed by atoms with Crippen molar-refractivity contribution in [3.8, 4) is 11.5 Å². The predicted octanol–water partition coefficient (Wildman–Crippen LogP) is 10.2. The van der Waals surface area contributed by atoms with E-state index in [0.717, 1.165) is 59.4 Å². The number of hydrogen-bond acceptors (Lipinski definition) is 8. The van der Waals surface area contributed by atoms with Crippen LogP contribution in [-0.4, -0.2) is 58.4 Å². The minimum Gasteiger partial charge on any atom is -0.507 e. The molecule has 8 heteroatoms. The van der Waals surface area contributed by atoms with Crippen molar-refractivity contribution in [1.82, 2.24) is 0 Å². The van der Waals surface area contributed by atoms with E-state index in [4.69, 9.17) is 9.47 Å². The van der Waals surface area contributed by atoms with Crippen molar-refractivity contribution >= 4 is 35.5 Å². The van der Waals surface area contributed by atoms with Crippen LogP contribution in [0.25, 0.3) is 0 Å². The minimum atomic E-state index is -0.289. The van der Waals surface area contributed by atoms with Crippen LogP contribution in [0.15, 0.2) is 24.3 Å². The van der Waals surface area contributed by atoms with Gasteiger partial charge in [-0.1, -0.05) is 107 Å². The van der Waals surface area contributed by atoms with Gasteiger partial charge in [0, 0.05) is 11.5 Å². The van der Waals surface area contributed by atoms with Crippen molar-refractivity contribution in [2.24, 2.45) is 0 Å². The number of rotatable bonds is 17. The van der Waals surface area contributed by atoms with Crippen LogP contribution in [0.1, 0.15) is 142 Å². The van der Waals surface area contributed by atoms with Crippen molar-refractivity contribution in [2.75, 3.05) is 36.2 Å². The standard InChI is InChI=1S/C42H66O6S2/c1-39(2,3)31-25-29(37(45)33(27-31)41(7,8)9)15-13-21-49-23-17-35(43)47-19-20-48-36(44)18-24-50-22-14-16-30-26-32(40(4,5)6)28-34(38(30)46)42(10,11)12/h25-28,45-46H,13-24H2,1-12H3. The molecule has 0 heterocycles. The Morgan fingerprint density at radius 3 is 1.18 bits per heavy atom. The van der Waals surface area contributed by atoms with E-state index in [-0.39, 0.29) is 46.8 Å². The summed E-state index contributed by atoms with van der Waals surface area (Å²) in [5, 5.41) is 22.0. The summed E-state index contributed by atoms with van der Waals surface area (Å²) in [5.41, 5.74) is 6.14. The normalized spacial score (nSPS) is 12.6. The number of benzene rings is 2. The molecule has 2 aromatic carbocycles. The number of hydrogen-bond donors (Lipinski definition) is 2. The van der Waals surface area contributed by atoms with E-state index >= 15 is 0 Å². The molecular formula is C42H66O6S2. The first-order chi connectivity index (χ1) is 23.0. The predicted molar refractivity (Wildman–Crippen MR) is 213 cm³/mol. The summed E-state index contributed by atoms with van der Waals surface area (Å²) in [6.07, 6.45) is 4.01. The first kappa shape index (κ1) is 43.8. The summed E-state index contributed by atoms with van der Waals surface area (Å²) in [6.45, 7) is 26.1. The highest BCUT2D eigenvalue weighted by Gasteiger charge is 2.26. The molecule has 6 nitrogen and oxygen atoms in total. The lowest BCUT2D eigenvalue weighted by molar-refractivity contribution is -0.151. The number of phenolic OH excluding ortho intramolecular Hbond substituents is 2. The Kier molecular flexibility index (Phi) is 16.6. The second kappa shape index (κ2) is 19.0. The van der Waals surface area contributed by atoms with Gasteiger partial charge in [0.25, 0.3) is 0 Å². The van der Waals surface area contributed by atoms with Crippen LogP contribution in [0, 0.1) is 0 Å². The van der Waals surface area contributed by atoms with Gasteiger partial charge in [0.2, 0.25) is 0 Å². The second-order valence-corrected chi connectivity index (χ2v) is 19.9. The van der Waals surface area contributed by atoms with Gasteiger partial charge in [-0.25, -0.2) is 0 Å². The molecule has 50 heavy (non-hydrogen) atoms. The van der Waals surface area contributed by atoms with Gasteiger partial charge in [0.15, 0.2) is 0 Å². The highest BCUT2D eigenvalue weighted by Crippen LogP contribution is 2.39. The molecule has 0 radical (unpaired) electrons. The van der Waals surface area contributed by atoms with Crippen molar-refractivity contribution in [1.29, 1.82) is 0 Å². The monoisotopic (exact) mass is 730 g/mol. The average Bonchev–Trinajstić information content (AvgIpc) is 2.97. The molecule has 282 valence electrons. The van der Waals surface area contributed by atoms with E-state index in [1.165, 1.54) is 11.1 Å². The molecule has 0 aromatic heterocycles. The van der Waals surface area contributed by atoms with Crippen LogP contribution < -0.4 is 0 Å². The van der Waals surface area contributed by atoms with Crippen LogP contribution in [0.4, 0.5) is 0 Å². The van der Waals surface area contributed by atoms with Gasteiger partial charge in [-0.15, -0.1) is 0 Å². The molecule has 2 aromatic rings. The smallest absolute Gasteiger partial charge is 0.306 e. The van der Waals surface area contributed by atoms with Gasteiger partial charge in [0.1, 0.15) is 24.7 Å². The maximum atomic E-state index is 12.2. The fourth-order valence-electron chi connectivity index (χ4n) is 5.48. The summed E-state index contributed by atoms with van der Waals surface area (Å²) in [4.78, 5) is 24.3. The van der Waals surface area contributed by atoms with E-state index in [1.807, 2.05) is 0 Å². The average molecular weight is 731 g/mol. The maximum absolute atomic E-state index is 12.2. The van der Waals surface area contributed by atoms with Gasteiger partial charge in [0.05, 0.1) is 12.8 Å². The molecule has 2 rings (SSSR count). The van der Waals surface area contributed by atoms with Crippen LogP contribution in [0.2, 0.25) is 0 Å². The van der Waals surface area contributed by atoms with Crippen LogP contribution in [0.3, 0.4) is 0 Å². The Hall–Kier alpha value is -2.32. The lowest BCUT2D eigenvalue weighted by Gasteiger charge is -2.27. The van der Waals surface area contributed by atoms with Crippen LogP contribution >= 0.6 is 23.5 Å². The fourth-order valence-corrected chi connectivity index (χ4v) is 7.21. The number of carbonyl (C=O) groups excluding carboxylic acids is 2. The first-order valence-electron chi connectivity index (χ1n) is 18.2. The summed E-state index contributed by atoms with van der Waals surface area (Å²) >= 11 is 3.41. The van der Waals surface area contributed by atoms with Crippen molar-refractivity contribution in [3.63, 3.8) is 0 Å². The number of ether oxygens (including phenoxy) is 2. The Bertz CT molecular complexity index is 1300. The summed E-state index contributed by atoms with van der Waals surface area (Å²) in [6, 6.07) is 8.57. The van der Waals surface area contributed by atoms with Gasteiger partial charge in [-0.3, -0.25) is 9.59 Å². The highest BCUT2D eigenvalue weighted by atomic mass is 32.2. The van der Waals surface area contributed by atoms with Crippen molar-refractivity contribution in [2.45, 2.75) is 143 Å². The molecule has 0 spiro atoms. The van der Waals surface area contributed by atoms with E-state index in [2.05, 4.69) is 107 Å². The first-order valence-corrected chi connectivity index (χ1v) is 20.5. The van der Waals surface area contributed by atoms with E-state index in [9.17, 15) is 19.8 Å². The van der Waals surface area contributed by atoms with Crippen LogP contribution in [0.5, 0.6) is 11.5 Å². The molecule has 0 fully saturated rings. The number of phenols is 2. The molecule has 0 unspecified atom stereocenters. The largest absolute Gasteiger partial charge is 0.507 e. The van der Waals surface area contributed by atoms with E-state index in [0.29, 0.717) is 35.8 Å². The zero-order valence-electron chi connectivity index (χ0n) is 33.1. The molecule has 0 amide bonds. The molecule has 0 aliphatic rings. The van der Waals surface area contributed by atoms with Gasteiger partial charge >= 0.3 is 11.9 Å². The Labute approximate surface area is 312 Å². The number of carbonyl (C=O) groups is 2. The summed E-state index contributed by atoms with van der Waals surface area (Å²) in [7, 11) is 0. The lowest BCUT2D eigenvalue weighted by Crippen LogP contribution is -2.17. The Morgan fingerprint density at radius 2 is 0.880 bits per heavy atom. The van der Waals surface area contributed by atoms with E-state index < -0.39 is 0 Å². The van der Waals surface area contributed by atoms with E-state index in [1.54, 1.807) is 23.5 Å². The molecule has 0 saturated heterocycles. The van der Waals surface area contributed by atoms with Crippen molar-refractivity contribution in [3.05, 3.63) is 57.6 Å². The zero-order valence-corrected chi connectivity index (χ0v) is 34.8. The number of thioether (sulfide) groups is 2. The van der Waals surface area contributed by atoms with Gasteiger partial charge < -0.3 is 19.7 Å². The van der Waals surface area contributed by atoms with Gasteiger partial charge in [-0.05, 0) is 92.2 Å². The number of aromatic hydroxyl groups is 2. The quantitative estimate of drug-likeness (QED) is 0.123. The molecule has 2 N–H and O–H groups in total. The summed E-state index contributed by atoms with van der Waals surface area (Å²) < 4.78 is 10.5. The molecule has 0 bridgehead atoms. The minimum absolute atomic E-state index is 0.000543. The maximum Gasteiger partial charge on any atom is 0.306 e. The molecule has 0 atom stereocenters. The van der Waals surface area contributed by atoms with Gasteiger partial charge in [-0.2, -0.15) is 23.5 Å². The topological polar surface area (TPSA) is 93.1 Å². The third-order valence-corrected chi connectivity index (χ3v) is 10.8. The third-order valence-electron chi connectivity index (χ3n) is 8.71. The molecule has 0 saturated carbocycles. The Balaban J connectivity index is 1.60. The van der Waals surface area contributed by atoms with Crippen molar-refractivity contribution < 1.29 is 29.3 Å². The third kappa shape index (κ3) is 14.7. The zero-order chi connectivity index (χ0) is 37.9. The SMILES string of the molecule is CC(C)(C)c1cc(CCCSCCC(=O)OCCOC(=O)CCSCCCc2cc(C(C)(C)C)cc(C(C)(C)C)c2O)c(O)c(C(C)(C)C)c1. The lowest BCUT2D eigenvalue weighted by atomic mass is 9.78. The van der Waals surface area contributed by atoms with Crippen LogP contribution in [-0.2, 0) is 53.6 Å². The molecule has 0 aliphatic carbocycles. The number of esters is 2.